The molecule has 0 aromatic carbocycles. The quantitative estimate of drug-likeness (QED) is 0.164. The summed E-state index contributed by atoms with van der Waals surface area (Å²) in [6, 6.07) is -3.33. The highest BCUT2D eigenvalue weighted by Gasteiger charge is 2.44. The van der Waals surface area contributed by atoms with Gasteiger partial charge in [-0.2, -0.15) is 0 Å². The van der Waals surface area contributed by atoms with Gasteiger partial charge in [-0.3, -0.25) is 9.59 Å². The first-order chi connectivity index (χ1) is 12.6. The van der Waals surface area contributed by atoms with Crippen molar-refractivity contribution in [2.45, 2.75) is 50.6 Å². The lowest BCUT2D eigenvalue weighted by molar-refractivity contribution is -0.141. The molecule has 0 unspecified atom stereocenters. The maximum absolute atomic E-state index is 11.8. The average Bonchev–Trinajstić information content (AvgIpc) is 2.59. The standard InChI is InChI=1S/C15H25N5O7/c1-3-10(24)20-12(8(23)5-21)13-11(18-6(2)22)7(19-15(16)17)4-9(27-13)14(25)26/h4,7-8,11-13,21,23H,3,5H2,1-2H3,(H,18,22)(H,20,24)(H,25,26)(H4,16,17,19)/t7-,8+,11+,12+,13+/m0/s1. The fraction of sp³-hybridized carbons (Fsp3) is 0.600. The molecule has 0 aromatic heterocycles. The highest BCUT2D eigenvalue weighted by Crippen LogP contribution is 2.25. The van der Waals surface area contributed by atoms with E-state index in [0.717, 1.165) is 6.08 Å². The van der Waals surface area contributed by atoms with Gasteiger partial charge < -0.3 is 42.2 Å². The Morgan fingerprint density at radius 2 is 2.00 bits per heavy atom. The summed E-state index contributed by atoms with van der Waals surface area (Å²) in [5.74, 6) is -3.32. The second kappa shape index (κ2) is 9.73. The minimum atomic E-state index is -1.50. The molecule has 2 amide bonds. The van der Waals surface area contributed by atoms with Gasteiger partial charge in [-0.1, -0.05) is 6.92 Å². The zero-order chi connectivity index (χ0) is 20.7. The normalized spacial score (nSPS) is 23.9. The van der Waals surface area contributed by atoms with Gasteiger partial charge in [0.1, 0.15) is 12.2 Å². The van der Waals surface area contributed by atoms with Gasteiger partial charge in [0.25, 0.3) is 0 Å². The number of carbonyl (C=O) groups is 3. The molecule has 152 valence electrons. The van der Waals surface area contributed by atoms with Crippen LogP contribution in [0.2, 0.25) is 0 Å². The molecule has 0 radical (unpaired) electrons. The van der Waals surface area contributed by atoms with E-state index in [-0.39, 0.29) is 12.4 Å². The number of nitrogens with one attached hydrogen (secondary N) is 2. The van der Waals surface area contributed by atoms with Crippen molar-refractivity contribution in [3.8, 4) is 0 Å². The molecule has 1 aliphatic heterocycles. The van der Waals surface area contributed by atoms with Gasteiger partial charge in [0.15, 0.2) is 5.96 Å². The van der Waals surface area contributed by atoms with Crippen LogP contribution in [0.3, 0.4) is 0 Å². The number of aliphatic hydroxyl groups is 2. The van der Waals surface area contributed by atoms with Crippen LogP contribution in [0.1, 0.15) is 20.3 Å². The van der Waals surface area contributed by atoms with Crippen LogP contribution in [-0.2, 0) is 19.1 Å². The summed E-state index contributed by atoms with van der Waals surface area (Å²) in [5, 5.41) is 33.8. The number of hydrogen-bond acceptors (Lipinski definition) is 7. The van der Waals surface area contributed by atoms with E-state index < -0.39 is 60.5 Å². The molecule has 9 N–H and O–H groups in total. The van der Waals surface area contributed by atoms with E-state index in [4.69, 9.17) is 16.2 Å². The molecule has 5 atom stereocenters. The summed E-state index contributed by atoms with van der Waals surface area (Å²) >= 11 is 0. The number of aliphatic hydroxyl groups excluding tert-OH is 2. The summed E-state index contributed by atoms with van der Waals surface area (Å²) in [6.07, 6.45) is -1.63. The van der Waals surface area contributed by atoms with Crippen molar-refractivity contribution in [2.24, 2.45) is 16.5 Å². The minimum absolute atomic E-state index is 0.0606. The molecule has 1 rings (SSSR count). The zero-order valence-corrected chi connectivity index (χ0v) is 15.0. The average molecular weight is 387 g/mol. The van der Waals surface area contributed by atoms with Crippen molar-refractivity contribution in [3.63, 3.8) is 0 Å². The Morgan fingerprint density at radius 3 is 2.44 bits per heavy atom. The monoisotopic (exact) mass is 387 g/mol. The lowest BCUT2D eigenvalue weighted by atomic mass is 9.90. The smallest absolute Gasteiger partial charge is 0.370 e. The van der Waals surface area contributed by atoms with Gasteiger partial charge in [0, 0.05) is 13.3 Å². The number of guanidine groups is 1. The molecule has 0 fully saturated rings. The van der Waals surface area contributed by atoms with Crippen LogP contribution in [-0.4, -0.2) is 76.0 Å². The zero-order valence-electron chi connectivity index (χ0n) is 15.0. The van der Waals surface area contributed by atoms with E-state index in [0.29, 0.717) is 0 Å². The Balaban J connectivity index is 3.43. The van der Waals surface area contributed by atoms with Crippen molar-refractivity contribution in [3.05, 3.63) is 11.8 Å². The third-order valence-electron chi connectivity index (χ3n) is 3.79. The topological polar surface area (TPSA) is 210 Å². The number of hydrogen-bond donors (Lipinski definition) is 7. The lowest BCUT2D eigenvalue weighted by Gasteiger charge is -2.40. The van der Waals surface area contributed by atoms with Gasteiger partial charge in [0.2, 0.25) is 17.6 Å². The number of amides is 2. The van der Waals surface area contributed by atoms with E-state index >= 15 is 0 Å². The molecule has 12 heteroatoms. The van der Waals surface area contributed by atoms with Gasteiger partial charge in [0.05, 0.1) is 24.7 Å². The molecule has 12 nitrogen and oxygen atoms in total. The van der Waals surface area contributed by atoms with Crippen LogP contribution in [0.4, 0.5) is 0 Å². The molecule has 0 bridgehead atoms. The first kappa shape index (κ1) is 22.2. The Labute approximate surface area is 155 Å². The number of aliphatic carboxylic acids is 1. The first-order valence-corrected chi connectivity index (χ1v) is 8.16. The van der Waals surface area contributed by atoms with Crippen molar-refractivity contribution < 1.29 is 34.4 Å². The molecule has 0 aromatic rings. The maximum atomic E-state index is 11.8. The summed E-state index contributed by atoms with van der Waals surface area (Å²) in [6.45, 7) is 2.03. The first-order valence-electron chi connectivity index (χ1n) is 8.16. The predicted molar refractivity (Wildman–Crippen MR) is 93.1 cm³/mol. The van der Waals surface area contributed by atoms with Gasteiger partial charge in [-0.15, -0.1) is 0 Å². The van der Waals surface area contributed by atoms with E-state index in [1.807, 2.05) is 0 Å². The van der Waals surface area contributed by atoms with Crippen LogP contribution >= 0.6 is 0 Å². The summed E-state index contributed by atoms with van der Waals surface area (Å²) in [5.41, 5.74) is 10.8. The molecule has 1 aliphatic rings. The predicted octanol–water partition coefficient (Wildman–Crippen LogP) is -3.25. The fourth-order valence-corrected chi connectivity index (χ4v) is 2.62. The Hall–Kier alpha value is -2.86. The third-order valence-corrected chi connectivity index (χ3v) is 3.79. The number of carboxylic acids is 1. The SMILES string of the molecule is CCC(=O)N[C@@H]([C@@H]1OC(C(=O)O)=C[C@H](N=C(N)N)[C@H]1NC(C)=O)[C@H](O)CO. The summed E-state index contributed by atoms with van der Waals surface area (Å²) in [7, 11) is 0. The minimum Gasteiger partial charge on any atom is -0.479 e. The van der Waals surface area contributed by atoms with Crippen molar-refractivity contribution in [2.75, 3.05) is 6.61 Å². The third kappa shape index (κ3) is 6.11. The molecule has 1 heterocycles. The molecule has 0 aliphatic carbocycles. The number of carboxylic acid groups (broad SMARTS) is 1. The highest BCUT2D eigenvalue weighted by molar-refractivity contribution is 5.85. The molecule has 0 saturated carbocycles. The van der Waals surface area contributed by atoms with E-state index in [1.54, 1.807) is 6.92 Å². The largest absolute Gasteiger partial charge is 0.479 e. The number of nitrogens with zero attached hydrogens (tertiary/aromatic N) is 1. The number of rotatable bonds is 8. The van der Waals surface area contributed by atoms with Crippen LogP contribution in [0.5, 0.6) is 0 Å². The van der Waals surface area contributed by atoms with Gasteiger partial charge >= 0.3 is 5.97 Å². The number of carbonyl (C=O) groups excluding carboxylic acids is 2. The molecule has 0 spiro atoms. The van der Waals surface area contributed by atoms with Crippen LogP contribution in [0.25, 0.3) is 0 Å². The number of ether oxygens (including phenoxy) is 1. The van der Waals surface area contributed by atoms with Crippen molar-refractivity contribution >= 4 is 23.7 Å². The second-order valence-corrected chi connectivity index (χ2v) is 5.89. The molecule has 27 heavy (non-hydrogen) atoms. The van der Waals surface area contributed by atoms with Gasteiger partial charge in [-0.25, -0.2) is 9.79 Å². The summed E-state index contributed by atoms with van der Waals surface area (Å²) < 4.78 is 5.41. The van der Waals surface area contributed by atoms with Crippen molar-refractivity contribution in [1.29, 1.82) is 0 Å². The molecular formula is C15H25N5O7. The van der Waals surface area contributed by atoms with Crippen LogP contribution in [0, 0.1) is 0 Å². The Kier molecular flexibility index (Phi) is 7.99. The van der Waals surface area contributed by atoms with E-state index in [9.17, 15) is 29.7 Å². The highest BCUT2D eigenvalue weighted by atomic mass is 16.5. The Bertz CT molecular complexity index is 632. The maximum Gasteiger partial charge on any atom is 0.370 e. The molecular weight excluding hydrogens is 362 g/mol. The Morgan fingerprint density at radius 1 is 1.37 bits per heavy atom. The van der Waals surface area contributed by atoms with E-state index in [1.165, 1.54) is 6.92 Å². The number of aliphatic imine (C=N–C) groups is 1. The summed E-state index contributed by atoms with van der Waals surface area (Å²) in [4.78, 5) is 38.8. The fourth-order valence-electron chi connectivity index (χ4n) is 2.62. The lowest BCUT2D eigenvalue weighted by Crippen LogP contribution is -2.64. The molecule has 0 saturated heterocycles. The number of nitrogens with two attached hydrogens (primary N) is 2. The van der Waals surface area contributed by atoms with Crippen molar-refractivity contribution in [1.82, 2.24) is 10.6 Å². The van der Waals surface area contributed by atoms with Crippen LogP contribution < -0.4 is 22.1 Å². The van der Waals surface area contributed by atoms with Crippen LogP contribution in [0.15, 0.2) is 16.8 Å². The van der Waals surface area contributed by atoms with E-state index in [2.05, 4.69) is 15.6 Å². The second-order valence-electron chi connectivity index (χ2n) is 5.89. The van der Waals surface area contributed by atoms with Gasteiger partial charge in [-0.05, 0) is 6.08 Å².